The number of nitrogens with two attached hydrogens (primary N) is 1. The Morgan fingerprint density at radius 1 is 0.929 bits per heavy atom. The van der Waals surface area contributed by atoms with E-state index in [4.69, 9.17) is 5.73 Å². The first-order valence-corrected chi connectivity index (χ1v) is 10.1. The van der Waals surface area contributed by atoms with E-state index in [0.717, 1.165) is 37.1 Å². The van der Waals surface area contributed by atoms with Crippen molar-refractivity contribution in [2.75, 3.05) is 13.1 Å². The molecule has 1 heterocycles. The summed E-state index contributed by atoms with van der Waals surface area (Å²) in [4.78, 5) is 26.9. The molecular weight excluding hydrogens is 350 g/mol. The molecule has 1 aliphatic rings. The van der Waals surface area contributed by atoms with E-state index in [1.54, 1.807) is 0 Å². The molecule has 2 amide bonds. The van der Waals surface area contributed by atoms with Crippen molar-refractivity contribution in [2.24, 2.45) is 5.73 Å². The van der Waals surface area contributed by atoms with Crippen LogP contribution in [0.3, 0.4) is 0 Å². The molecule has 0 bridgehead atoms. The highest BCUT2D eigenvalue weighted by atomic mass is 16.2. The lowest BCUT2D eigenvalue weighted by Crippen LogP contribution is -2.45. The van der Waals surface area contributed by atoms with Crippen molar-refractivity contribution >= 4 is 11.8 Å². The van der Waals surface area contributed by atoms with E-state index in [1.807, 2.05) is 65.6 Å². The zero-order valence-electron chi connectivity index (χ0n) is 16.2. The average molecular weight is 380 g/mol. The minimum atomic E-state index is -0.621. The number of rotatable bonds is 8. The van der Waals surface area contributed by atoms with Gasteiger partial charge in [0.15, 0.2) is 0 Å². The maximum absolute atomic E-state index is 12.9. The van der Waals surface area contributed by atoms with Crippen molar-refractivity contribution in [1.82, 2.24) is 10.2 Å². The Kier molecular flexibility index (Phi) is 7.20. The zero-order chi connectivity index (χ0) is 19.8. The molecule has 2 atom stereocenters. The summed E-state index contributed by atoms with van der Waals surface area (Å²) >= 11 is 0. The number of benzene rings is 2. The van der Waals surface area contributed by atoms with Crippen molar-refractivity contribution in [3.05, 3.63) is 71.8 Å². The Morgan fingerprint density at radius 3 is 2.14 bits per heavy atom. The Balaban J connectivity index is 1.76. The van der Waals surface area contributed by atoms with E-state index >= 15 is 0 Å². The molecule has 2 aromatic carbocycles. The summed E-state index contributed by atoms with van der Waals surface area (Å²) in [5.74, 6) is -0.293. The van der Waals surface area contributed by atoms with Crippen LogP contribution in [-0.2, 0) is 16.0 Å². The minimum absolute atomic E-state index is 0.143. The molecule has 5 heteroatoms. The van der Waals surface area contributed by atoms with E-state index in [-0.39, 0.29) is 11.9 Å². The summed E-state index contributed by atoms with van der Waals surface area (Å²) in [6, 6.07) is 18.7. The molecule has 0 unspecified atom stereocenters. The Morgan fingerprint density at radius 2 is 1.54 bits per heavy atom. The van der Waals surface area contributed by atoms with Crippen LogP contribution in [0.4, 0.5) is 0 Å². The van der Waals surface area contributed by atoms with Crippen LogP contribution in [0.15, 0.2) is 60.7 Å². The number of hydrogen-bond donors (Lipinski definition) is 2. The molecule has 0 saturated carbocycles. The van der Waals surface area contributed by atoms with Gasteiger partial charge in [0.25, 0.3) is 0 Å². The van der Waals surface area contributed by atoms with Crippen molar-refractivity contribution in [3.63, 3.8) is 0 Å². The maximum atomic E-state index is 12.9. The number of likely N-dealkylation sites (tertiary alicyclic amines) is 1. The molecule has 1 fully saturated rings. The van der Waals surface area contributed by atoms with E-state index in [0.29, 0.717) is 12.8 Å². The van der Waals surface area contributed by atoms with Gasteiger partial charge in [-0.05, 0) is 36.8 Å². The molecule has 1 aliphatic heterocycles. The second-order valence-corrected chi connectivity index (χ2v) is 7.44. The fourth-order valence-corrected chi connectivity index (χ4v) is 3.80. The number of piperidine rings is 1. The molecule has 1 saturated heterocycles. The van der Waals surface area contributed by atoms with Gasteiger partial charge in [0.05, 0.1) is 0 Å². The molecule has 3 rings (SSSR count). The van der Waals surface area contributed by atoms with Gasteiger partial charge in [0.2, 0.25) is 11.8 Å². The van der Waals surface area contributed by atoms with Crippen LogP contribution in [0.5, 0.6) is 0 Å². The molecule has 3 N–H and O–H groups in total. The quantitative estimate of drug-likeness (QED) is 0.741. The van der Waals surface area contributed by atoms with Gasteiger partial charge in [0.1, 0.15) is 6.04 Å². The van der Waals surface area contributed by atoms with Crippen molar-refractivity contribution < 1.29 is 9.59 Å². The molecule has 2 aromatic rings. The van der Waals surface area contributed by atoms with Gasteiger partial charge in [-0.1, -0.05) is 60.7 Å². The van der Waals surface area contributed by atoms with Gasteiger partial charge in [-0.3, -0.25) is 14.9 Å². The summed E-state index contributed by atoms with van der Waals surface area (Å²) < 4.78 is 0. The standard InChI is InChI=1S/C23H29N3O2/c24-23(28)22(19-12-6-2-7-13-19)25-20(16-18-10-4-1-5-11-18)17-21(27)26-14-8-3-9-15-26/h1-2,4-7,10-13,20,22,25H,3,8-9,14-17H2,(H2,24,28)/t20-,22+/m1/s1. The topological polar surface area (TPSA) is 75.4 Å². The van der Waals surface area contributed by atoms with Crippen molar-refractivity contribution in [2.45, 2.75) is 44.2 Å². The van der Waals surface area contributed by atoms with Gasteiger partial charge in [0, 0.05) is 25.6 Å². The first-order chi connectivity index (χ1) is 13.6. The minimum Gasteiger partial charge on any atom is -0.368 e. The van der Waals surface area contributed by atoms with E-state index in [2.05, 4.69) is 5.32 Å². The van der Waals surface area contributed by atoms with Crippen LogP contribution in [0.2, 0.25) is 0 Å². The lowest BCUT2D eigenvalue weighted by molar-refractivity contribution is -0.133. The maximum Gasteiger partial charge on any atom is 0.239 e. The average Bonchev–Trinajstić information content (AvgIpc) is 2.73. The van der Waals surface area contributed by atoms with Crippen LogP contribution in [0.25, 0.3) is 0 Å². The molecule has 148 valence electrons. The number of carbonyl (C=O) groups is 2. The molecule has 5 nitrogen and oxygen atoms in total. The van der Waals surface area contributed by atoms with E-state index in [1.165, 1.54) is 6.42 Å². The SMILES string of the molecule is NC(=O)[C@@H](N[C@@H](CC(=O)N1CCCCC1)Cc1ccccc1)c1ccccc1. The van der Waals surface area contributed by atoms with Crippen LogP contribution >= 0.6 is 0 Å². The fraction of sp³-hybridized carbons (Fsp3) is 0.391. The summed E-state index contributed by atoms with van der Waals surface area (Å²) in [6.45, 7) is 1.66. The first-order valence-electron chi connectivity index (χ1n) is 10.1. The monoisotopic (exact) mass is 379 g/mol. The van der Waals surface area contributed by atoms with Gasteiger partial charge in [-0.25, -0.2) is 0 Å². The lowest BCUT2D eigenvalue weighted by atomic mass is 9.98. The number of hydrogen-bond acceptors (Lipinski definition) is 3. The summed E-state index contributed by atoms with van der Waals surface area (Å²) in [5, 5.41) is 3.37. The van der Waals surface area contributed by atoms with Gasteiger partial charge in [-0.15, -0.1) is 0 Å². The number of amides is 2. The largest absolute Gasteiger partial charge is 0.368 e. The molecular formula is C23H29N3O2. The Labute approximate surface area is 166 Å². The first kappa shape index (κ1) is 20.1. The Hall–Kier alpha value is -2.66. The third-order valence-electron chi connectivity index (χ3n) is 5.27. The molecule has 0 radical (unpaired) electrons. The zero-order valence-corrected chi connectivity index (χ0v) is 16.2. The summed E-state index contributed by atoms with van der Waals surface area (Å²) in [7, 11) is 0. The second kappa shape index (κ2) is 10.0. The lowest BCUT2D eigenvalue weighted by Gasteiger charge is -2.30. The van der Waals surface area contributed by atoms with E-state index < -0.39 is 11.9 Å². The third kappa shape index (κ3) is 5.67. The van der Waals surface area contributed by atoms with Crippen LogP contribution in [-0.4, -0.2) is 35.8 Å². The number of carbonyl (C=O) groups excluding carboxylic acids is 2. The van der Waals surface area contributed by atoms with Crippen molar-refractivity contribution in [1.29, 1.82) is 0 Å². The van der Waals surface area contributed by atoms with Crippen molar-refractivity contribution in [3.8, 4) is 0 Å². The second-order valence-electron chi connectivity index (χ2n) is 7.44. The molecule has 0 spiro atoms. The molecule has 0 aromatic heterocycles. The highest BCUT2D eigenvalue weighted by molar-refractivity contribution is 5.82. The van der Waals surface area contributed by atoms with Gasteiger partial charge >= 0.3 is 0 Å². The normalized spacial score (nSPS) is 16.4. The Bertz CT molecular complexity index is 758. The smallest absolute Gasteiger partial charge is 0.239 e. The number of primary amides is 1. The summed E-state index contributed by atoms with van der Waals surface area (Å²) in [5.41, 5.74) is 7.63. The van der Waals surface area contributed by atoms with Gasteiger partial charge < -0.3 is 10.6 Å². The molecule has 28 heavy (non-hydrogen) atoms. The van der Waals surface area contributed by atoms with E-state index in [9.17, 15) is 9.59 Å². The van der Waals surface area contributed by atoms with Gasteiger partial charge in [-0.2, -0.15) is 0 Å². The fourth-order valence-electron chi connectivity index (χ4n) is 3.80. The van der Waals surface area contributed by atoms with Crippen LogP contribution in [0, 0.1) is 0 Å². The third-order valence-corrected chi connectivity index (χ3v) is 5.27. The number of nitrogens with one attached hydrogen (secondary N) is 1. The molecule has 0 aliphatic carbocycles. The summed E-state index contributed by atoms with van der Waals surface area (Å²) in [6.07, 6.45) is 4.34. The predicted octanol–water partition coefficient (Wildman–Crippen LogP) is 2.82. The van der Waals surface area contributed by atoms with Crippen LogP contribution < -0.4 is 11.1 Å². The highest BCUT2D eigenvalue weighted by Crippen LogP contribution is 2.18. The predicted molar refractivity (Wildman–Crippen MR) is 110 cm³/mol. The highest BCUT2D eigenvalue weighted by Gasteiger charge is 2.26. The van der Waals surface area contributed by atoms with Crippen LogP contribution in [0.1, 0.15) is 42.9 Å². The number of nitrogens with zero attached hydrogens (tertiary/aromatic N) is 1.